The topological polar surface area (TPSA) is 59.4 Å². The molecule has 0 saturated heterocycles. The highest BCUT2D eigenvalue weighted by Gasteiger charge is 2.44. The predicted octanol–water partition coefficient (Wildman–Crippen LogP) is 2.74. The largest absolute Gasteiger partial charge is 0.465 e. The molecule has 2 aromatic rings. The van der Waals surface area contributed by atoms with Crippen LogP contribution in [0.25, 0.3) is 10.9 Å². The minimum Gasteiger partial charge on any atom is -0.465 e. The smallest absolute Gasteiger partial charge is 0.320 e. The van der Waals surface area contributed by atoms with Crippen LogP contribution in [-0.2, 0) is 14.9 Å². The third-order valence-corrected chi connectivity index (χ3v) is 3.94. The lowest BCUT2D eigenvalue weighted by molar-refractivity contribution is -0.154. The fourth-order valence-electron chi connectivity index (χ4n) is 2.49. The number of aliphatic hydroxyl groups is 1. The molecule has 0 radical (unpaired) electrons. The summed E-state index contributed by atoms with van der Waals surface area (Å²) in [5.41, 5.74) is 1.05. The molecule has 1 heterocycles. The third kappa shape index (κ3) is 2.63. The quantitative estimate of drug-likeness (QED) is 0.878. The van der Waals surface area contributed by atoms with Crippen molar-refractivity contribution in [3.05, 3.63) is 41.6 Å². The number of hydrogen-bond donors (Lipinski definition) is 1. The summed E-state index contributed by atoms with van der Waals surface area (Å²) < 4.78 is 5.15. The Morgan fingerprint density at radius 1 is 1.43 bits per heavy atom. The number of benzene rings is 1. The van der Waals surface area contributed by atoms with Crippen molar-refractivity contribution in [3.8, 4) is 0 Å². The number of fused-ring (bicyclic) bond motifs is 1. The SMILES string of the molecule is CCOC(=O)C(C)(c1nc2ccccc2cc1C)C(C)O. The van der Waals surface area contributed by atoms with Gasteiger partial charge in [0.05, 0.1) is 23.9 Å². The molecule has 0 saturated carbocycles. The summed E-state index contributed by atoms with van der Waals surface area (Å²) in [4.78, 5) is 17.0. The Morgan fingerprint density at radius 2 is 2.10 bits per heavy atom. The predicted molar refractivity (Wildman–Crippen MR) is 82.1 cm³/mol. The van der Waals surface area contributed by atoms with Crippen molar-refractivity contribution in [2.24, 2.45) is 0 Å². The molecule has 2 atom stereocenters. The number of ether oxygens (including phenoxy) is 1. The molecule has 0 fully saturated rings. The highest BCUT2D eigenvalue weighted by Crippen LogP contribution is 2.32. The van der Waals surface area contributed by atoms with Gasteiger partial charge in [0, 0.05) is 5.39 Å². The second-order valence-electron chi connectivity index (χ2n) is 5.45. The normalized spacial score (nSPS) is 15.5. The maximum absolute atomic E-state index is 12.4. The van der Waals surface area contributed by atoms with Crippen LogP contribution in [0.3, 0.4) is 0 Å². The molecule has 0 bridgehead atoms. The third-order valence-electron chi connectivity index (χ3n) is 3.94. The van der Waals surface area contributed by atoms with E-state index in [0.29, 0.717) is 5.69 Å². The Balaban J connectivity index is 2.65. The zero-order chi connectivity index (χ0) is 15.6. The van der Waals surface area contributed by atoms with Gasteiger partial charge >= 0.3 is 5.97 Å². The van der Waals surface area contributed by atoms with Crippen molar-refractivity contribution < 1.29 is 14.6 Å². The molecule has 0 aliphatic heterocycles. The Bertz CT molecular complexity index is 666. The maximum Gasteiger partial charge on any atom is 0.320 e. The summed E-state index contributed by atoms with van der Waals surface area (Å²) in [6.07, 6.45) is -0.899. The molecule has 0 aliphatic rings. The van der Waals surface area contributed by atoms with Gasteiger partial charge in [0.1, 0.15) is 5.41 Å². The van der Waals surface area contributed by atoms with Crippen molar-refractivity contribution >= 4 is 16.9 Å². The van der Waals surface area contributed by atoms with E-state index < -0.39 is 17.5 Å². The van der Waals surface area contributed by atoms with E-state index in [-0.39, 0.29) is 6.61 Å². The molecule has 0 aliphatic carbocycles. The zero-order valence-electron chi connectivity index (χ0n) is 12.9. The Hall–Kier alpha value is -1.94. The first-order valence-corrected chi connectivity index (χ1v) is 7.13. The van der Waals surface area contributed by atoms with Gasteiger partial charge in [-0.15, -0.1) is 0 Å². The molecule has 0 amide bonds. The highest BCUT2D eigenvalue weighted by molar-refractivity contribution is 5.86. The lowest BCUT2D eigenvalue weighted by Gasteiger charge is -2.31. The number of pyridine rings is 1. The molecule has 4 nitrogen and oxygen atoms in total. The monoisotopic (exact) mass is 287 g/mol. The number of carbonyl (C=O) groups excluding carboxylic acids is 1. The Labute approximate surface area is 124 Å². The van der Waals surface area contributed by atoms with E-state index in [1.54, 1.807) is 20.8 Å². The number of hydrogen-bond acceptors (Lipinski definition) is 4. The van der Waals surface area contributed by atoms with Crippen molar-refractivity contribution in [2.45, 2.75) is 39.2 Å². The second-order valence-corrected chi connectivity index (χ2v) is 5.45. The van der Waals surface area contributed by atoms with Crippen LogP contribution in [0.1, 0.15) is 32.0 Å². The van der Waals surface area contributed by atoms with Crippen molar-refractivity contribution in [1.29, 1.82) is 0 Å². The van der Waals surface area contributed by atoms with Crippen molar-refractivity contribution in [1.82, 2.24) is 4.98 Å². The van der Waals surface area contributed by atoms with E-state index in [1.165, 1.54) is 0 Å². The lowest BCUT2D eigenvalue weighted by Crippen LogP contribution is -2.45. The van der Waals surface area contributed by atoms with E-state index in [0.717, 1.165) is 16.5 Å². The standard InChI is InChI=1S/C17H21NO3/c1-5-21-16(20)17(4,12(3)19)15-11(2)10-13-8-6-7-9-14(13)18-15/h6-10,12,19H,5H2,1-4H3. The first-order chi connectivity index (χ1) is 9.91. The molecular formula is C17H21NO3. The first-order valence-electron chi connectivity index (χ1n) is 7.13. The van der Waals surface area contributed by atoms with Crippen LogP contribution in [0.2, 0.25) is 0 Å². The van der Waals surface area contributed by atoms with Gasteiger partial charge in [-0.2, -0.15) is 0 Å². The summed E-state index contributed by atoms with van der Waals surface area (Å²) in [5.74, 6) is -0.453. The Kier molecular flexibility index (Phi) is 4.28. The van der Waals surface area contributed by atoms with Gasteiger partial charge in [-0.05, 0) is 45.4 Å². The number of carbonyl (C=O) groups is 1. The van der Waals surface area contributed by atoms with E-state index in [9.17, 15) is 9.90 Å². The van der Waals surface area contributed by atoms with Gasteiger partial charge in [0.15, 0.2) is 0 Å². The van der Waals surface area contributed by atoms with Gasteiger partial charge < -0.3 is 9.84 Å². The number of esters is 1. The van der Waals surface area contributed by atoms with Crippen LogP contribution in [0.4, 0.5) is 0 Å². The van der Waals surface area contributed by atoms with Crippen LogP contribution in [0, 0.1) is 6.92 Å². The van der Waals surface area contributed by atoms with E-state index in [2.05, 4.69) is 4.98 Å². The van der Waals surface area contributed by atoms with E-state index in [1.807, 2.05) is 37.3 Å². The average molecular weight is 287 g/mol. The van der Waals surface area contributed by atoms with Crippen molar-refractivity contribution in [3.63, 3.8) is 0 Å². The van der Waals surface area contributed by atoms with Crippen LogP contribution in [0.15, 0.2) is 30.3 Å². The van der Waals surface area contributed by atoms with Crippen LogP contribution in [-0.4, -0.2) is 28.8 Å². The molecule has 21 heavy (non-hydrogen) atoms. The van der Waals surface area contributed by atoms with Gasteiger partial charge in [-0.1, -0.05) is 18.2 Å². The number of aryl methyl sites for hydroxylation is 1. The fourth-order valence-corrected chi connectivity index (χ4v) is 2.49. The molecule has 2 unspecified atom stereocenters. The Morgan fingerprint density at radius 3 is 2.71 bits per heavy atom. The molecule has 112 valence electrons. The van der Waals surface area contributed by atoms with Gasteiger partial charge in [0.2, 0.25) is 0 Å². The summed E-state index contributed by atoms with van der Waals surface area (Å²) in [7, 11) is 0. The molecule has 2 rings (SSSR count). The average Bonchev–Trinajstić information content (AvgIpc) is 2.45. The van der Waals surface area contributed by atoms with Crippen LogP contribution < -0.4 is 0 Å². The summed E-state index contributed by atoms with van der Waals surface area (Å²) in [5, 5.41) is 11.2. The van der Waals surface area contributed by atoms with Gasteiger partial charge in [-0.3, -0.25) is 9.78 Å². The molecule has 1 aromatic heterocycles. The van der Waals surface area contributed by atoms with Gasteiger partial charge in [-0.25, -0.2) is 0 Å². The highest BCUT2D eigenvalue weighted by atomic mass is 16.5. The fraction of sp³-hybridized carbons (Fsp3) is 0.412. The summed E-state index contributed by atoms with van der Waals surface area (Å²) in [6, 6.07) is 9.70. The maximum atomic E-state index is 12.4. The molecular weight excluding hydrogens is 266 g/mol. The molecule has 1 aromatic carbocycles. The van der Waals surface area contributed by atoms with Crippen molar-refractivity contribution in [2.75, 3.05) is 6.61 Å². The minimum atomic E-state index is -1.18. The number of aliphatic hydroxyl groups excluding tert-OH is 1. The van der Waals surface area contributed by atoms with E-state index in [4.69, 9.17) is 4.74 Å². The summed E-state index contributed by atoms with van der Waals surface area (Å²) >= 11 is 0. The molecule has 4 heteroatoms. The number of aromatic nitrogens is 1. The number of rotatable bonds is 4. The number of nitrogens with zero attached hydrogens (tertiary/aromatic N) is 1. The van der Waals surface area contributed by atoms with E-state index >= 15 is 0 Å². The summed E-state index contributed by atoms with van der Waals surface area (Å²) in [6.45, 7) is 7.19. The minimum absolute atomic E-state index is 0.272. The lowest BCUT2D eigenvalue weighted by atomic mass is 9.79. The van der Waals surface area contributed by atoms with Crippen LogP contribution >= 0.6 is 0 Å². The number of para-hydroxylation sites is 1. The van der Waals surface area contributed by atoms with Crippen LogP contribution in [0.5, 0.6) is 0 Å². The second kappa shape index (κ2) is 5.82. The molecule has 1 N–H and O–H groups in total. The molecule has 0 spiro atoms. The zero-order valence-corrected chi connectivity index (χ0v) is 12.9. The van der Waals surface area contributed by atoms with Gasteiger partial charge in [0.25, 0.3) is 0 Å². The first kappa shape index (κ1) is 15.4.